The summed E-state index contributed by atoms with van der Waals surface area (Å²) < 4.78 is 52.0. The van der Waals surface area contributed by atoms with E-state index in [-0.39, 0.29) is 17.4 Å². The van der Waals surface area contributed by atoms with Crippen LogP contribution in [-0.4, -0.2) is 115 Å². The van der Waals surface area contributed by atoms with Gasteiger partial charge in [-0.3, -0.25) is 0 Å². The zero-order valence-corrected chi connectivity index (χ0v) is 51.1. The summed E-state index contributed by atoms with van der Waals surface area (Å²) in [4.78, 5) is 0. The van der Waals surface area contributed by atoms with E-state index in [0.717, 1.165) is 116 Å². The molecule has 0 N–H and O–H groups in total. The quantitative estimate of drug-likeness (QED) is 0.0324. The van der Waals surface area contributed by atoms with Gasteiger partial charge in [0.15, 0.2) is 0 Å². The molecule has 0 heterocycles. The molecule has 438 valence electrons. The fourth-order valence-corrected chi connectivity index (χ4v) is 7.56. The van der Waals surface area contributed by atoms with Crippen molar-refractivity contribution >= 4 is 17.4 Å². The van der Waals surface area contributed by atoms with E-state index in [1.54, 1.807) is 0 Å². The molecule has 0 aliphatic heterocycles. The normalized spacial score (nSPS) is 11.8. The van der Waals surface area contributed by atoms with Crippen LogP contribution in [0.2, 0.25) is 0 Å². The maximum atomic E-state index is 11.7. The van der Waals surface area contributed by atoms with Gasteiger partial charge in [0, 0.05) is 0 Å². The van der Waals surface area contributed by atoms with Crippen molar-refractivity contribution in [1.82, 2.24) is 0 Å². The van der Waals surface area contributed by atoms with Crippen LogP contribution in [-0.2, 0) is 42.6 Å². The van der Waals surface area contributed by atoms with Crippen LogP contribution >= 0.6 is 0 Å². The molecule has 0 spiro atoms. The summed E-state index contributed by atoms with van der Waals surface area (Å²) in [5, 5.41) is 35.2. The fraction of sp³-hybridized carbons (Fsp3) is 1.00. The van der Waals surface area contributed by atoms with E-state index >= 15 is 0 Å². The number of rotatable bonds is 57. The molecule has 0 aromatic heterocycles. The zero-order valence-electron chi connectivity index (χ0n) is 49.9. The van der Waals surface area contributed by atoms with Gasteiger partial charge < -0.3 is 58.0 Å². The molecule has 0 rings (SSSR count). The first kappa shape index (κ1) is 79.5. The first-order chi connectivity index (χ1) is 35.2. The Labute approximate surface area is 464 Å². The summed E-state index contributed by atoms with van der Waals surface area (Å²) in [7, 11) is 0. The van der Waals surface area contributed by atoms with Crippen molar-refractivity contribution in [2.45, 2.75) is 311 Å². The van der Waals surface area contributed by atoms with Crippen LogP contribution in [0.3, 0.4) is 0 Å². The molecule has 0 bridgehead atoms. The van der Waals surface area contributed by atoms with Crippen LogP contribution in [0, 0.1) is 0 Å². The average Bonchev–Trinajstić information content (AvgIpc) is 3.40. The number of ether oxygens (including phenoxy) is 9. The first-order valence-electron chi connectivity index (χ1n) is 30.7. The van der Waals surface area contributed by atoms with Gasteiger partial charge in [0.25, 0.3) is 17.9 Å². The van der Waals surface area contributed by atoms with E-state index in [2.05, 4.69) is 62.3 Å². The molecular weight excluding hydrogens is 940 g/mol. The molecule has 0 radical (unpaired) electrons. The zero-order chi connectivity index (χ0) is 53.8. The van der Waals surface area contributed by atoms with Gasteiger partial charge in [-0.15, -0.1) is 0 Å². The summed E-state index contributed by atoms with van der Waals surface area (Å²) in [6, 6.07) is 0. The third kappa shape index (κ3) is 53.8. The molecule has 13 heteroatoms. The van der Waals surface area contributed by atoms with Crippen LogP contribution in [0.1, 0.15) is 293 Å². The summed E-state index contributed by atoms with van der Waals surface area (Å²) in [5.41, 5.74) is 0. The van der Waals surface area contributed by atoms with Crippen LogP contribution in [0.15, 0.2) is 0 Å². The maximum absolute atomic E-state index is 11.7. The minimum atomic E-state index is -1.37. The van der Waals surface area contributed by atoms with Gasteiger partial charge >= 0.3 is 17.4 Å². The van der Waals surface area contributed by atoms with Crippen molar-refractivity contribution in [1.29, 1.82) is 0 Å². The summed E-state index contributed by atoms with van der Waals surface area (Å²) in [5.74, 6) is -4.11. The van der Waals surface area contributed by atoms with E-state index in [4.69, 9.17) is 42.6 Å². The van der Waals surface area contributed by atoms with Gasteiger partial charge in [0.1, 0.15) is 0 Å². The smallest absolute Gasteiger partial charge is 0.849 e. The Morgan fingerprint density at radius 2 is 0.301 bits per heavy atom. The van der Waals surface area contributed by atoms with Crippen LogP contribution in [0.25, 0.3) is 0 Å². The molecule has 0 saturated heterocycles. The summed E-state index contributed by atoms with van der Waals surface area (Å²) in [6.07, 6.45) is 40.2. The molecule has 0 unspecified atom stereocenters. The molecule has 73 heavy (non-hydrogen) atoms. The van der Waals surface area contributed by atoms with Crippen LogP contribution < -0.4 is 15.3 Å². The number of hydrogen-bond acceptors (Lipinski definition) is 12. The Balaban J connectivity index is -0.000000486. The van der Waals surface area contributed by atoms with Crippen molar-refractivity contribution in [2.24, 2.45) is 0 Å². The number of hydrogen-bond donors (Lipinski definition) is 0. The fourth-order valence-electron chi connectivity index (χ4n) is 7.56. The Bertz CT molecular complexity index is 756. The Hall–Kier alpha value is 0.0525. The standard InChI is InChI=1S/3C20H41O4.Al/c3*1-4-7-10-13-16-22-20(19-21,23-17-14-11-8-5-2)24-18-15-12-9-6-3;/h3*4-19H2,1-3H3;/q3*-1;+3. The molecule has 0 aliphatic rings. The van der Waals surface area contributed by atoms with Gasteiger partial charge in [-0.2, -0.15) is 0 Å². The largest absolute Gasteiger partial charge is 3.00 e. The summed E-state index contributed by atoms with van der Waals surface area (Å²) in [6.45, 7) is 23.0. The average molecular weight is 1060 g/mol. The topological polar surface area (TPSA) is 152 Å². The van der Waals surface area contributed by atoms with Gasteiger partial charge in [-0.05, 0) is 57.8 Å². The van der Waals surface area contributed by atoms with Gasteiger partial charge in [0.2, 0.25) is 0 Å². The van der Waals surface area contributed by atoms with E-state index in [9.17, 15) is 15.3 Å². The van der Waals surface area contributed by atoms with Crippen molar-refractivity contribution in [2.75, 3.05) is 79.3 Å². The molecule has 0 fully saturated rings. The SMILES string of the molecule is CCCCCCOC(C[O-])(OCCCCCC)OCCCCCC.CCCCCCOC(C[O-])(OCCCCCC)OCCCCCC.CCCCCCOC(C[O-])(OCCCCCC)OCCCCCC.[Al+3]. The van der Waals surface area contributed by atoms with E-state index in [0.29, 0.717) is 59.5 Å². The summed E-state index contributed by atoms with van der Waals surface area (Å²) >= 11 is 0. The second-order valence-corrected chi connectivity index (χ2v) is 19.7. The minimum absolute atomic E-state index is 0. The molecule has 0 aromatic rings. The van der Waals surface area contributed by atoms with Crippen molar-refractivity contribution < 1.29 is 58.0 Å². The molecule has 0 aliphatic carbocycles. The predicted molar refractivity (Wildman–Crippen MR) is 299 cm³/mol. The van der Waals surface area contributed by atoms with Gasteiger partial charge in [0.05, 0.1) is 59.5 Å². The Morgan fingerprint density at radius 3 is 0.384 bits per heavy atom. The van der Waals surface area contributed by atoms with Gasteiger partial charge in [-0.25, -0.2) is 0 Å². The molecule has 0 amide bonds. The van der Waals surface area contributed by atoms with E-state index < -0.39 is 37.7 Å². The third-order valence-corrected chi connectivity index (χ3v) is 12.4. The second-order valence-electron chi connectivity index (χ2n) is 19.7. The number of unbranched alkanes of at least 4 members (excludes halogenated alkanes) is 27. The second kappa shape index (κ2) is 64.6. The maximum Gasteiger partial charge on any atom is 3.00 e. The third-order valence-electron chi connectivity index (χ3n) is 12.4. The first-order valence-corrected chi connectivity index (χ1v) is 30.7. The van der Waals surface area contributed by atoms with Crippen molar-refractivity contribution in [3.8, 4) is 0 Å². The van der Waals surface area contributed by atoms with Crippen LogP contribution in [0.5, 0.6) is 0 Å². The molecule has 0 saturated carbocycles. The van der Waals surface area contributed by atoms with Gasteiger partial charge in [-0.1, -0.05) is 255 Å². The minimum Gasteiger partial charge on any atom is -0.849 e. The Kier molecular flexibility index (Phi) is 70.4. The molecular formula is C60H123AlO12. The molecule has 0 aromatic carbocycles. The van der Waals surface area contributed by atoms with Crippen molar-refractivity contribution in [3.05, 3.63) is 0 Å². The predicted octanol–water partition coefficient (Wildman–Crippen LogP) is 14.0. The van der Waals surface area contributed by atoms with Crippen molar-refractivity contribution in [3.63, 3.8) is 0 Å². The van der Waals surface area contributed by atoms with E-state index in [1.165, 1.54) is 116 Å². The Morgan fingerprint density at radius 1 is 0.192 bits per heavy atom. The van der Waals surface area contributed by atoms with E-state index in [1.807, 2.05) is 0 Å². The van der Waals surface area contributed by atoms with Crippen LogP contribution in [0.4, 0.5) is 0 Å². The molecule has 0 atom stereocenters. The molecule has 12 nitrogen and oxygen atoms in total. The monoisotopic (exact) mass is 1060 g/mol.